The van der Waals surface area contributed by atoms with Crippen molar-refractivity contribution in [1.29, 1.82) is 0 Å². The molecule has 2 rings (SSSR count). The number of amides is 1. The van der Waals surface area contributed by atoms with Crippen molar-refractivity contribution < 1.29 is 17.9 Å². The van der Waals surface area contributed by atoms with E-state index in [1.165, 1.54) is 0 Å². The molecule has 1 N–H and O–H groups in total. The summed E-state index contributed by atoms with van der Waals surface area (Å²) in [6.07, 6.45) is 1.05. The molecule has 1 amide bonds. The van der Waals surface area contributed by atoms with Crippen LogP contribution in [0.2, 0.25) is 10.0 Å². The predicted molar refractivity (Wildman–Crippen MR) is 113 cm³/mol. The van der Waals surface area contributed by atoms with Gasteiger partial charge in [-0.2, -0.15) is 0 Å². The monoisotopic (exact) mass is 444 g/mol. The Kier molecular flexibility index (Phi) is 7.57. The van der Waals surface area contributed by atoms with Gasteiger partial charge in [0.15, 0.2) is 0 Å². The van der Waals surface area contributed by atoms with Crippen LogP contribution in [0.1, 0.15) is 19.4 Å². The van der Waals surface area contributed by atoms with Crippen molar-refractivity contribution >= 4 is 44.8 Å². The fourth-order valence-electron chi connectivity index (χ4n) is 2.41. The Balaban J connectivity index is 2.08. The molecule has 0 atom stereocenters. The lowest BCUT2D eigenvalue weighted by Crippen LogP contribution is -2.40. The van der Waals surface area contributed by atoms with Crippen LogP contribution in [0.4, 0.5) is 5.69 Å². The first-order valence-electron chi connectivity index (χ1n) is 8.51. The lowest BCUT2D eigenvalue weighted by Gasteiger charge is -2.22. The summed E-state index contributed by atoms with van der Waals surface area (Å²) < 4.78 is 30.9. The van der Waals surface area contributed by atoms with E-state index >= 15 is 0 Å². The van der Waals surface area contributed by atoms with Gasteiger partial charge in [-0.1, -0.05) is 29.3 Å². The van der Waals surface area contributed by atoms with Gasteiger partial charge in [-0.05, 0) is 55.8 Å². The molecule has 152 valence electrons. The van der Waals surface area contributed by atoms with Gasteiger partial charge in [0.05, 0.1) is 18.0 Å². The van der Waals surface area contributed by atoms with Crippen LogP contribution < -0.4 is 14.4 Å². The molecule has 0 aromatic heterocycles. The third-order valence-corrected chi connectivity index (χ3v) is 5.40. The Morgan fingerprint density at radius 3 is 2.32 bits per heavy atom. The highest BCUT2D eigenvalue weighted by atomic mass is 35.5. The van der Waals surface area contributed by atoms with E-state index in [-0.39, 0.29) is 19.2 Å². The summed E-state index contributed by atoms with van der Waals surface area (Å²) in [6.45, 7) is 3.60. The zero-order valence-corrected chi connectivity index (χ0v) is 18.1. The summed E-state index contributed by atoms with van der Waals surface area (Å²) in [6, 6.07) is 11.5. The summed E-state index contributed by atoms with van der Waals surface area (Å²) >= 11 is 11.9. The van der Waals surface area contributed by atoms with E-state index in [2.05, 4.69) is 5.32 Å². The van der Waals surface area contributed by atoms with E-state index in [9.17, 15) is 13.2 Å². The van der Waals surface area contributed by atoms with Crippen LogP contribution in [0, 0.1) is 0 Å². The quantitative estimate of drug-likeness (QED) is 0.670. The highest BCUT2D eigenvalue weighted by molar-refractivity contribution is 7.92. The van der Waals surface area contributed by atoms with Gasteiger partial charge in [-0.15, -0.1) is 0 Å². The first kappa shape index (κ1) is 22.3. The molecule has 0 aliphatic heterocycles. The Bertz CT molecular complexity index is 931. The van der Waals surface area contributed by atoms with Crippen molar-refractivity contribution in [3.05, 3.63) is 58.1 Å². The number of anilines is 1. The van der Waals surface area contributed by atoms with E-state index in [1.807, 2.05) is 13.8 Å². The van der Waals surface area contributed by atoms with Gasteiger partial charge in [-0.3, -0.25) is 9.10 Å². The van der Waals surface area contributed by atoms with E-state index in [1.54, 1.807) is 42.5 Å². The van der Waals surface area contributed by atoms with Gasteiger partial charge >= 0.3 is 0 Å². The number of ether oxygens (including phenoxy) is 1. The smallest absolute Gasteiger partial charge is 0.241 e. The number of carbonyl (C=O) groups excluding carboxylic acids is 1. The second-order valence-electron chi connectivity index (χ2n) is 6.44. The van der Waals surface area contributed by atoms with E-state index in [4.69, 9.17) is 27.9 Å². The maximum absolute atomic E-state index is 12.3. The third kappa shape index (κ3) is 6.58. The highest BCUT2D eigenvalue weighted by Crippen LogP contribution is 2.23. The molecule has 0 aliphatic carbocycles. The standard InChI is InChI=1S/C19H22Cl2N2O4S/c1-13(2)27-17-8-6-16(7-9-17)23(28(3,25)26)12-19(24)22-11-14-4-5-15(20)10-18(14)21/h4-10,13H,11-12H2,1-3H3,(H,22,24). The average Bonchev–Trinajstić information content (AvgIpc) is 2.58. The molecular formula is C19H22Cl2N2O4S. The number of halogens is 2. The molecule has 0 aliphatic rings. The highest BCUT2D eigenvalue weighted by Gasteiger charge is 2.21. The van der Waals surface area contributed by atoms with Crippen LogP contribution in [0.5, 0.6) is 5.75 Å². The summed E-state index contributed by atoms with van der Waals surface area (Å²) in [4.78, 5) is 12.3. The molecule has 6 nitrogen and oxygen atoms in total. The number of hydrogen-bond acceptors (Lipinski definition) is 4. The maximum atomic E-state index is 12.3. The Labute approximate surface area is 175 Å². The van der Waals surface area contributed by atoms with Crippen molar-refractivity contribution in [2.24, 2.45) is 0 Å². The molecule has 2 aromatic carbocycles. The zero-order valence-electron chi connectivity index (χ0n) is 15.8. The van der Waals surface area contributed by atoms with Gasteiger partial charge < -0.3 is 10.1 Å². The Morgan fingerprint density at radius 1 is 1.14 bits per heavy atom. The van der Waals surface area contributed by atoms with E-state index in [0.29, 0.717) is 27.0 Å². The summed E-state index contributed by atoms with van der Waals surface area (Å²) in [7, 11) is -3.66. The van der Waals surface area contributed by atoms with Crippen LogP contribution in [0.25, 0.3) is 0 Å². The first-order chi connectivity index (χ1) is 13.1. The van der Waals surface area contributed by atoms with Gasteiger partial charge in [0, 0.05) is 16.6 Å². The second kappa shape index (κ2) is 9.49. The fraction of sp³-hybridized carbons (Fsp3) is 0.316. The van der Waals surface area contributed by atoms with Gasteiger partial charge in [0.1, 0.15) is 12.3 Å². The minimum atomic E-state index is -3.66. The summed E-state index contributed by atoms with van der Waals surface area (Å²) in [5.41, 5.74) is 1.05. The number of benzene rings is 2. The molecule has 28 heavy (non-hydrogen) atoms. The Morgan fingerprint density at radius 2 is 1.79 bits per heavy atom. The molecule has 0 bridgehead atoms. The van der Waals surface area contributed by atoms with Gasteiger partial charge in [-0.25, -0.2) is 8.42 Å². The largest absolute Gasteiger partial charge is 0.491 e. The second-order valence-corrected chi connectivity index (χ2v) is 9.19. The lowest BCUT2D eigenvalue weighted by molar-refractivity contribution is -0.119. The summed E-state index contributed by atoms with van der Waals surface area (Å²) in [5.74, 6) is 0.160. The van der Waals surface area contributed by atoms with Crippen LogP contribution >= 0.6 is 23.2 Å². The van der Waals surface area contributed by atoms with Crippen molar-refractivity contribution in [1.82, 2.24) is 5.32 Å². The van der Waals surface area contributed by atoms with Crippen molar-refractivity contribution in [3.8, 4) is 5.75 Å². The molecule has 0 unspecified atom stereocenters. The molecule has 0 spiro atoms. The van der Waals surface area contributed by atoms with Crippen LogP contribution in [-0.2, 0) is 21.4 Å². The number of carbonyl (C=O) groups is 1. The number of sulfonamides is 1. The lowest BCUT2D eigenvalue weighted by atomic mass is 10.2. The minimum Gasteiger partial charge on any atom is -0.491 e. The number of nitrogens with one attached hydrogen (secondary N) is 1. The maximum Gasteiger partial charge on any atom is 0.241 e. The van der Waals surface area contributed by atoms with Gasteiger partial charge in [0.25, 0.3) is 0 Å². The SMILES string of the molecule is CC(C)Oc1ccc(N(CC(=O)NCc2ccc(Cl)cc2Cl)S(C)(=O)=O)cc1. The predicted octanol–water partition coefficient (Wildman–Crippen LogP) is 3.86. The topological polar surface area (TPSA) is 75.7 Å². The molecular weight excluding hydrogens is 423 g/mol. The molecule has 9 heteroatoms. The Hall–Kier alpha value is -1.96. The van der Waals surface area contributed by atoms with Crippen molar-refractivity contribution in [2.45, 2.75) is 26.5 Å². The third-order valence-electron chi connectivity index (χ3n) is 3.68. The van der Waals surface area contributed by atoms with E-state index < -0.39 is 15.9 Å². The molecule has 0 heterocycles. The van der Waals surface area contributed by atoms with Gasteiger partial charge in [0.2, 0.25) is 15.9 Å². The molecule has 0 saturated carbocycles. The number of rotatable bonds is 8. The minimum absolute atomic E-state index is 0.00216. The zero-order chi connectivity index (χ0) is 20.9. The van der Waals surface area contributed by atoms with Crippen LogP contribution in [-0.4, -0.2) is 33.2 Å². The van der Waals surface area contributed by atoms with E-state index in [0.717, 1.165) is 10.6 Å². The molecule has 0 saturated heterocycles. The fourth-order valence-corrected chi connectivity index (χ4v) is 3.74. The normalized spacial score (nSPS) is 11.4. The number of hydrogen-bond donors (Lipinski definition) is 1. The number of nitrogens with zero attached hydrogens (tertiary/aromatic N) is 1. The summed E-state index contributed by atoms with van der Waals surface area (Å²) in [5, 5.41) is 3.59. The van der Waals surface area contributed by atoms with Crippen LogP contribution in [0.3, 0.4) is 0 Å². The molecule has 0 radical (unpaired) electrons. The molecule has 2 aromatic rings. The van der Waals surface area contributed by atoms with Crippen molar-refractivity contribution in [2.75, 3.05) is 17.1 Å². The molecule has 0 fully saturated rings. The van der Waals surface area contributed by atoms with Crippen molar-refractivity contribution in [3.63, 3.8) is 0 Å². The van der Waals surface area contributed by atoms with Crippen LogP contribution in [0.15, 0.2) is 42.5 Å². The first-order valence-corrected chi connectivity index (χ1v) is 11.1. The average molecular weight is 445 g/mol.